The first kappa shape index (κ1) is 34.9. The highest BCUT2D eigenvalue weighted by Gasteiger charge is 2.62. The Balaban J connectivity index is 1.64. The Labute approximate surface area is 280 Å². The largest absolute Gasteiger partial charge is 0.714 e. The van der Waals surface area contributed by atoms with Gasteiger partial charge in [-0.25, -0.2) is 4.79 Å². The molecule has 0 aliphatic carbocycles. The maximum atomic E-state index is 13.8. The minimum Gasteiger partial charge on any atom is -0.714 e. The average Bonchev–Trinajstić information content (AvgIpc) is 3.26. The van der Waals surface area contributed by atoms with Crippen LogP contribution in [0.2, 0.25) is 0 Å². The minimum absolute atomic E-state index is 0.0379. The summed E-state index contributed by atoms with van der Waals surface area (Å²) in [7, 11) is 0. The summed E-state index contributed by atoms with van der Waals surface area (Å²) in [5.74, 6) is -1.93. The molecule has 14 heteroatoms. The van der Waals surface area contributed by atoms with Gasteiger partial charge >= 0.3 is 23.5 Å². The van der Waals surface area contributed by atoms with Gasteiger partial charge in [0.05, 0.1) is 16.7 Å². The molecule has 0 bridgehead atoms. The number of ether oxygens (including phenoxy) is 1. The molecule has 14 nitrogen and oxygen atoms in total. The van der Waals surface area contributed by atoms with E-state index < -0.39 is 39.2 Å². The van der Waals surface area contributed by atoms with Crippen molar-refractivity contribution in [2.75, 3.05) is 0 Å². The normalized spacial score (nSPS) is 23.4. The van der Waals surface area contributed by atoms with Crippen molar-refractivity contribution in [2.24, 2.45) is 0 Å². The lowest BCUT2D eigenvalue weighted by Crippen LogP contribution is -2.53. The van der Waals surface area contributed by atoms with Gasteiger partial charge in [-0.15, -0.1) is 0 Å². The molecule has 3 heterocycles. The Kier molecular flexibility index (Phi) is 7.49. The Bertz CT molecular complexity index is 1820. The van der Waals surface area contributed by atoms with Crippen LogP contribution in [0.4, 0.5) is 0 Å². The number of nitrogens with zero attached hydrogens (tertiary/aromatic N) is 6. The molecule has 3 aliphatic heterocycles. The first-order valence-electron chi connectivity index (χ1n) is 15.7. The van der Waals surface area contributed by atoms with Crippen molar-refractivity contribution in [2.45, 2.75) is 116 Å². The molecular weight excluding hydrogens is 620 g/mol. The number of carbonyl (C=O) groups is 1. The monoisotopic (exact) mass is 663 g/mol. The van der Waals surface area contributed by atoms with Crippen molar-refractivity contribution < 1.29 is 39.4 Å². The van der Waals surface area contributed by atoms with Crippen LogP contribution < -0.4 is 4.74 Å². The van der Waals surface area contributed by atoms with E-state index >= 15 is 0 Å². The highest BCUT2D eigenvalue weighted by atomic mass is 16.6. The van der Waals surface area contributed by atoms with Crippen LogP contribution in [0.5, 0.6) is 5.75 Å². The number of amidine groups is 3. The number of hydrogen-bond donors (Lipinski definition) is 0. The van der Waals surface area contributed by atoms with E-state index in [0.717, 1.165) is 0 Å². The summed E-state index contributed by atoms with van der Waals surface area (Å²) in [5, 5.41) is 82.6. The molecule has 3 aliphatic rings. The van der Waals surface area contributed by atoms with Crippen LogP contribution in [0.3, 0.4) is 0 Å². The molecule has 3 radical (unpaired) electrons. The molecule has 2 aromatic carbocycles. The van der Waals surface area contributed by atoms with Crippen molar-refractivity contribution in [1.82, 2.24) is 15.2 Å². The van der Waals surface area contributed by atoms with Gasteiger partial charge < -0.3 is 20.4 Å². The topological polar surface area (TPSA) is 174 Å². The lowest BCUT2D eigenvalue weighted by Gasteiger charge is -2.32. The van der Waals surface area contributed by atoms with Gasteiger partial charge in [-0.05, 0) is 119 Å². The molecule has 0 fully saturated rings. The fraction of sp³-hybridized carbons (Fsp3) is 0.529. The second-order valence-electron chi connectivity index (χ2n) is 15.8. The van der Waals surface area contributed by atoms with E-state index in [-0.39, 0.29) is 45.5 Å². The third-order valence-electron chi connectivity index (χ3n) is 11.7. The van der Waals surface area contributed by atoms with Crippen molar-refractivity contribution >= 4 is 23.5 Å². The lowest BCUT2D eigenvalue weighted by molar-refractivity contribution is -0.540. The SMILES string of the molecule is CC1(C)N([O])C(c2cccc(C(=O)Oc3cc(C4=[N+]([O-])C(C)(C)C(C)(C)N4[O])ccc3C3=[N+]([O-])C(C)(C)C(C)(C)N3[O])c2)=[N+]([O-])C1(C)C. The summed E-state index contributed by atoms with van der Waals surface area (Å²) < 4.78 is 7.66. The van der Waals surface area contributed by atoms with Gasteiger partial charge in [0.2, 0.25) is 0 Å². The molecule has 0 saturated heterocycles. The van der Waals surface area contributed by atoms with Crippen LogP contribution in [0.1, 0.15) is 110 Å². The molecule has 0 unspecified atom stereocenters. The predicted octanol–water partition coefficient (Wildman–Crippen LogP) is 4.33. The fourth-order valence-corrected chi connectivity index (χ4v) is 5.89. The molecule has 0 N–H and O–H groups in total. The van der Waals surface area contributed by atoms with Crippen molar-refractivity contribution in [3.63, 3.8) is 0 Å². The van der Waals surface area contributed by atoms with E-state index in [2.05, 4.69) is 0 Å². The number of rotatable bonds is 5. The second-order valence-corrected chi connectivity index (χ2v) is 15.8. The highest BCUT2D eigenvalue weighted by Crippen LogP contribution is 2.42. The first-order chi connectivity index (χ1) is 21.8. The maximum absolute atomic E-state index is 13.8. The van der Waals surface area contributed by atoms with Crippen LogP contribution in [0.25, 0.3) is 0 Å². The number of hydroxylamine groups is 9. The second kappa shape index (κ2) is 10.3. The number of esters is 1. The van der Waals surface area contributed by atoms with Crippen molar-refractivity contribution in [3.05, 3.63) is 80.3 Å². The van der Waals surface area contributed by atoms with Crippen LogP contribution in [-0.2, 0) is 15.6 Å². The van der Waals surface area contributed by atoms with E-state index in [1.165, 1.54) is 42.5 Å². The van der Waals surface area contributed by atoms with Crippen molar-refractivity contribution in [3.8, 4) is 5.75 Å². The first-order valence-corrected chi connectivity index (χ1v) is 15.7. The van der Waals surface area contributed by atoms with Gasteiger partial charge in [-0.3, -0.25) is 14.2 Å². The third-order valence-corrected chi connectivity index (χ3v) is 11.7. The van der Waals surface area contributed by atoms with Crippen LogP contribution in [0.15, 0.2) is 42.5 Å². The fourth-order valence-electron chi connectivity index (χ4n) is 5.89. The van der Waals surface area contributed by atoms with Gasteiger partial charge in [0.1, 0.15) is 27.9 Å². The molecule has 0 amide bonds. The zero-order chi connectivity index (χ0) is 36.3. The Morgan fingerprint density at radius 1 is 0.583 bits per heavy atom. The molecule has 48 heavy (non-hydrogen) atoms. The predicted molar refractivity (Wildman–Crippen MR) is 173 cm³/mol. The Morgan fingerprint density at radius 3 is 1.38 bits per heavy atom. The van der Waals surface area contributed by atoms with E-state index in [1.807, 2.05) is 0 Å². The van der Waals surface area contributed by atoms with E-state index in [9.17, 15) is 36.0 Å². The smallest absolute Gasteiger partial charge is 0.343 e. The van der Waals surface area contributed by atoms with Crippen LogP contribution >= 0.6 is 0 Å². The third kappa shape index (κ3) is 4.35. The summed E-state index contributed by atoms with van der Waals surface area (Å²) in [6.07, 6.45) is 0. The van der Waals surface area contributed by atoms with Crippen LogP contribution in [-0.4, -0.2) is 86.1 Å². The maximum Gasteiger partial charge on any atom is 0.343 e. The lowest BCUT2D eigenvalue weighted by atomic mass is 9.84. The highest BCUT2D eigenvalue weighted by molar-refractivity contribution is 6.04. The summed E-state index contributed by atoms with van der Waals surface area (Å²) >= 11 is 0. The summed E-state index contributed by atoms with van der Waals surface area (Å²) in [6, 6.07) is 9.87. The van der Waals surface area contributed by atoms with E-state index in [1.54, 1.807) is 83.1 Å². The molecule has 257 valence electrons. The van der Waals surface area contributed by atoms with Gasteiger partial charge in [0.15, 0.2) is 16.6 Å². The standard InChI is InChI=1S/C34H43N6O8/c1-29(2)30(3,4)36(43)25(35(29)42)20-14-13-15-22(18-20)28(41)48-24-19-21(26-37(44)31(5,6)32(7,8)38(26)45)16-17-23(24)27-39(46)33(9,10)34(11,12)40(27)47/h13-19H,1-12H3. The van der Waals surface area contributed by atoms with Crippen molar-refractivity contribution in [1.29, 1.82) is 0 Å². The number of carbonyl (C=O) groups excluding carboxylic acids is 1. The number of hydrogen-bond acceptors (Lipinski definition) is 8. The minimum atomic E-state index is -1.20. The summed E-state index contributed by atoms with van der Waals surface area (Å²) in [5.41, 5.74) is -6.64. The van der Waals surface area contributed by atoms with Gasteiger partial charge in [-0.1, -0.05) is 21.3 Å². The van der Waals surface area contributed by atoms with Gasteiger partial charge in [0.25, 0.3) is 0 Å². The molecule has 2 aromatic rings. The van der Waals surface area contributed by atoms with Gasteiger partial charge in [0, 0.05) is 15.6 Å². The Hall–Kier alpha value is -4.40. The van der Waals surface area contributed by atoms with Gasteiger partial charge in [-0.2, -0.15) is 0 Å². The van der Waals surface area contributed by atoms with Crippen LogP contribution in [0, 0.1) is 15.6 Å². The van der Waals surface area contributed by atoms with E-state index in [4.69, 9.17) is 4.74 Å². The molecule has 5 rings (SSSR count). The number of benzene rings is 2. The summed E-state index contributed by atoms with van der Waals surface area (Å²) in [6.45, 7) is 19.7. The molecule has 0 saturated carbocycles. The quantitative estimate of drug-likeness (QED) is 0.197. The Morgan fingerprint density at radius 2 is 0.979 bits per heavy atom. The average molecular weight is 664 g/mol. The molecular formula is C34H43N6O8. The molecule has 0 atom stereocenters. The molecule has 0 spiro atoms. The van der Waals surface area contributed by atoms with E-state index in [0.29, 0.717) is 29.4 Å². The molecule has 0 aromatic heterocycles. The summed E-state index contributed by atoms with van der Waals surface area (Å²) in [4.78, 5) is 13.8. The zero-order valence-electron chi connectivity index (χ0n) is 29.5. The zero-order valence-corrected chi connectivity index (χ0v) is 29.5.